The van der Waals surface area contributed by atoms with Crippen molar-refractivity contribution in [3.8, 4) is 11.5 Å². The van der Waals surface area contributed by atoms with Crippen LogP contribution in [0.2, 0.25) is 0 Å². The lowest BCUT2D eigenvalue weighted by atomic mass is 9.93. The maximum Gasteiger partial charge on any atom is 0.336 e. The summed E-state index contributed by atoms with van der Waals surface area (Å²) < 4.78 is 15.8. The molecular formula is C20H26O11. The Bertz CT molecular complexity index is 983. The van der Waals surface area contributed by atoms with Gasteiger partial charge in [0.2, 0.25) is 5.75 Å². The highest BCUT2D eigenvalue weighted by atomic mass is 16.7. The molecule has 0 aliphatic carbocycles. The van der Waals surface area contributed by atoms with Gasteiger partial charge in [-0.25, -0.2) is 4.79 Å². The Balaban J connectivity index is 1.81. The van der Waals surface area contributed by atoms with E-state index in [4.69, 9.17) is 13.9 Å². The van der Waals surface area contributed by atoms with Crippen LogP contribution in [0.25, 0.3) is 11.0 Å². The molecule has 1 aromatic carbocycles. The number of phenolic OH excluding ortho intramolecular Hbond substituents is 2. The number of fused-ring (bicyclic) bond motifs is 1. The average Bonchev–Trinajstić information content (AvgIpc) is 2.72. The monoisotopic (exact) mass is 442 g/mol. The number of benzene rings is 1. The van der Waals surface area contributed by atoms with Crippen molar-refractivity contribution in [2.24, 2.45) is 0 Å². The van der Waals surface area contributed by atoms with Crippen LogP contribution in [0.1, 0.15) is 19.4 Å². The summed E-state index contributed by atoms with van der Waals surface area (Å²) in [6.45, 7) is 2.31. The van der Waals surface area contributed by atoms with Gasteiger partial charge in [0.25, 0.3) is 0 Å². The molecule has 31 heavy (non-hydrogen) atoms. The number of aliphatic hydroxyl groups is 5. The molecule has 1 aromatic heterocycles. The minimum Gasteiger partial charge on any atom is -0.504 e. The van der Waals surface area contributed by atoms with E-state index in [0.29, 0.717) is 5.39 Å². The van der Waals surface area contributed by atoms with Gasteiger partial charge in [-0.15, -0.1) is 0 Å². The smallest absolute Gasteiger partial charge is 0.336 e. The Kier molecular flexibility index (Phi) is 6.58. The molecule has 1 fully saturated rings. The van der Waals surface area contributed by atoms with Crippen LogP contribution in [0.3, 0.4) is 0 Å². The Morgan fingerprint density at radius 3 is 2.42 bits per heavy atom. The lowest BCUT2D eigenvalue weighted by Crippen LogP contribution is -2.61. The van der Waals surface area contributed by atoms with E-state index >= 15 is 0 Å². The van der Waals surface area contributed by atoms with E-state index in [-0.39, 0.29) is 17.6 Å². The fourth-order valence-corrected chi connectivity index (χ4v) is 3.39. The highest BCUT2D eigenvalue weighted by Crippen LogP contribution is 2.38. The third kappa shape index (κ3) is 4.53. The molecule has 0 spiro atoms. The summed E-state index contributed by atoms with van der Waals surface area (Å²) in [5.74, 6) is -1.23. The van der Waals surface area contributed by atoms with Crippen LogP contribution in [0.15, 0.2) is 27.4 Å². The fraction of sp³-hybridized carbons (Fsp3) is 0.550. The number of aliphatic hydroxyl groups excluding tert-OH is 5. The van der Waals surface area contributed by atoms with Crippen LogP contribution < -0.4 is 5.63 Å². The van der Waals surface area contributed by atoms with Gasteiger partial charge >= 0.3 is 5.63 Å². The minimum absolute atomic E-state index is 0.136. The lowest BCUT2D eigenvalue weighted by molar-refractivity contribution is -0.331. The molecule has 1 aliphatic rings. The van der Waals surface area contributed by atoms with Crippen molar-refractivity contribution in [2.45, 2.75) is 62.7 Å². The molecule has 0 unspecified atom stereocenters. The first-order valence-electron chi connectivity index (χ1n) is 9.60. The van der Waals surface area contributed by atoms with Crippen molar-refractivity contribution in [3.05, 3.63) is 34.2 Å². The van der Waals surface area contributed by atoms with Gasteiger partial charge in [0.05, 0.1) is 18.3 Å². The van der Waals surface area contributed by atoms with Crippen LogP contribution in [0.5, 0.6) is 11.5 Å². The van der Waals surface area contributed by atoms with E-state index in [0.717, 1.165) is 6.07 Å². The molecule has 11 nitrogen and oxygen atoms in total. The predicted molar refractivity (Wildman–Crippen MR) is 104 cm³/mol. The lowest BCUT2D eigenvalue weighted by Gasteiger charge is -2.43. The number of hydrogen-bond acceptors (Lipinski definition) is 11. The van der Waals surface area contributed by atoms with E-state index in [1.54, 1.807) is 0 Å². The number of rotatable bonds is 6. The van der Waals surface area contributed by atoms with Crippen molar-refractivity contribution >= 4 is 11.0 Å². The van der Waals surface area contributed by atoms with E-state index in [1.807, 2.05) is 0 Å². The summed E-state index contributed by atoms with van der Waals surface area (Å²) in [5.41, 5.74) is -2.17. The minimum atomic E-state index is -1.65. The first-order valence-corrected chi connectivity index (χ1v) is 9.60. The van der Waals surface area contributed by atoms with Gasteiger partial charge in [0.1, 0.15) is 24.4 Å². The third-order valence-corrected chi connectivity index (χ3v) is 5.42. The zero-order valence-corrected chi connectivity index (χ0v) is 16.9. The summed E-state index contributed by atoms with van der Waals surface area (Å²) in [4.78, 5) is 11.3. The van der Waals surface area contributed by atoms with Crippen molar-refractivity contribution in [1.82, 2.24) is 0 Å². The zero-order valence-electron chi connectivity index (χ0n) is 16.9. The molecule has 11 heteroatoms. The van der Waals surface area contributed by atoms with E-state index in [9.17, 15) is 40.5 Å². The number of aromatic hydroxyl groups is 2. The molecule has 172 valence electrons. The summed E-state index contributed by atoms with van der Waals surface area (Å²) in [6.07, 6.45) is -8.99. The number of ether oxygens (including phenoxy) is 2. The van der Waals surface area contributed by atoms with E-state index < -0.39 is 66.1 Å². The maximum atomic E-state index is 11.3. The maximum absolute atomic E-state index is 11.3. The van der Waals surface area contributed by atoms with Crippen LogP contribution >= 0.6 is 0 Å². The summed E-state index contributed by atoms with van der Waals surface area (Å²) in [5, 5.41) is 70.7. The largest absolute Gasteiger partial charge is 0.504 e. The molecule has 2 aromatic rings. The van der Waals surface area contributed by atoms with Gasteiger partial charge < -0.3 is 49.6 Å². The van der Waals surface area contributed by atoms with Crippen molar-refractivity contribution < 1.29 is 49.6 Å². The normalized spacial score (nSPS) is 28.0. The SMILES string of the molecule is CC(C)(O[C@@H]1O[C@H](CO)[C@@H](O)[C@H](O)[C@H]1O)[C@H](O)Cc1cc2ccc(=O)oc2c(O)c1O. The molecule has 0 bridgehead atoms. The first-order chi connectivity index (χ1) is 14.5. The molecule has 0 radical (unpaired) electrons. The second-order valence-corrected chi connectivity index (χ2v) is 8.04. The van der Waals surface area contributed by atoms with Gasteiger partial charge in [-0.2, -0.15) is 0 Å². The molecule has 7 N–H and O–H groups in total. The highest BCUT2D eigenvalue weighted by Gasteiger charge is 2.46. The summed E-state index contributed by atoms with van der Waals surface area (Å²) in [6, 6.07) is 3.97. The Morgan fingerprint density at radius 2 is 1.77 bits per heavy atom. The van der Waals surface area contributed by atoms with Crippen LogP contribution in [0.4, 0.5) is 0 Å². The van der Waals surface area contributed by atoms with Gasteiger partial charge in [-0.3, -0.25) is 0 Å². The topological polar surface area (TPSA) is 190 Å². The number of hydrogen-bond donors (Lipinski definition) is 7. The molecule has 2 heterocycles. The summed E-state index contributed by atoms with van der Waals surface area (Å²) >= 11 is 0. The van der Waals surface area contributed by atoms with E-state index in [2.05, 4.69) is 0 Å². The van der Waals surface area contributed by atoms with Crippen molar-refractivity contribution in [3.63, 3.8) is 0 Å². The quantitative estimate of drug-likeness (QED) is 0.208. The average molecular weight is 442 g/mol. The third-order valence-electron chi connectivity index (χ3n) is 5.42. The molecular weight excluding hydrogens is 416 g/mol. The predicted octanol–water partition coefficient (Wildman–Crippen LogP) is -1.30. The molecule has 6 atom stereocenters. The van der Waals surface area contributed by atoms with Crippen LogP contribution in [0, 0.1) is 0 Å². The Hall–Kier alpha value is -2.25. The Labute approximate surface area is 176 Å². The van der Waals surface area contributed by atoms with Crippen molar-refractivity contribution in [2.75, 3.05) is 6.61 Å². The fourth-order valence-electron chi connectivity index (χ4n) is 3.39. The van der Waals surface area contributed by atoms with Gasteiger partial charge in [0, 0.05) is 23.4 Å². The van der Waals surface area contributed by atoms with Gasteiger partial charge in [-0.05, 0) is 26.0 Å². The molecule has 0 amide bonds. The molecule has 0 saturated carbocycles. The summed E-state index contributed by atoms with van der Waals surface area (Å²) in [7, 11) is 0. The molecule has 1 saturated heterocycles. The standard InChI is InChI=1S/C20H26O11/c1-20(2,31-19-17(28)15(26)14(25)10(7-21)29-19)11(22)6-9-5-8-3-4-12(23)30-18(8)16(27)13(9)24/h3-5,10-11,14-15,17,19,21-22,24-28H,6-7H2,1-2H3/t10-,11-,14-,15+,17-,19+/m1/s1. The highest BCUT2D eigenvalue weighted by molar-refractivity contribution is 5.86. The Morgan fingerprint density at radius 1 is 1.10 bits per heavy atom. The zero-order chi connectivity index (χ0) is 23.1. The van der Waals surface area contributed by atoms with Crippen LogP contribution in [-0.4, -0.2) is 84.8 Å². The second-order valence-electron chi connectivity index (χ2n) is 8.04. The molecule has 3 rings (SSSR count). The molecule has 1 aliphatic heterocycles. The van der Waals surface area contributed by atoms with Gasteiger partial charge in [-0.1, -0.05) is 0 Å². The number of phenols is 2. The van der Waals surface area contributed by atoms with Crippen LogP contribution in [-0.2, 0) is 15.9 Å². The first kappa shape index (κ1) is 23.4. The van der Waals surface area contributed by atoms with Gasteiger partial charge in [0.15, 0.2) is 17.6 Å². The van der Waals surface area contributed by atoms with E-state index in [1.165, 1.54) is 26.0 Å². The van der Waals surface area contributed by atoms with Crippen molar-refractivity contribution in [1.29, 1.82) is 0 Å². The second kappa shape index (κ2) is 8.71.